The number of thioether (sulfide) groups is 1. The molecule has 0 aromatic heterocycles. The van der Waals surface area contributed by atoms with Crippen molar-refractivity contribution in [3.8, 4) is 0 Å². The van der Waals surface area contributed by atoms with E-state index in [9.17, 15) is 9.59 Å². The van der Waals surface area contributed by atoms with E-state index in [4.69, 9.17) is 11.6 Å². The Morgan fingerprint density at radius 1 is 1.20 bits per heavy atom. The molecule has 25 heavy (non-hydrogen) atoms. The average Bonchev–Trinajstić information content (AvgIpc) is 2.96. The number of urea groups is 1. The number of benzene rings is 2. The second-order valence-corrected chi connectivity index (χ2v) is 6.97. The van der Waals surface area contributed by atoms with Crippen molar-refractivity contribution in [2.24, 2.45) is 0 Å². The summed E-state index contributed by atoms with van der Waals surface area (Å²) in [6.07, 6.45) is 2.23. The van der Waals surface area contributed by atoms with Crippen molar-refractivity contribution in [2.45, 2.75) is 17.4 Å². The van der Waals surface area contributed by atoms with Crippen LogP contribution in [0.5, 0.6) is 0 Å². The van der Waals surface area contributed by atoms with Gasteiger partial charge in [0.25, 0.3) is 0 Å². The van der Waals surface area contributed by atoms with Crippen LogP contribution in [-0.2, 0) is 4.79 Å². The van der Waals surface area contributed by atoms with Crippen LogP contribution < -0.4 is 15.5 Å². The normalized spacial score (nSPS) is 16.8. The van der Waals surface area contributed by atoms with Crippen molar-refractivity contribution in [2.75, 3.05) is 23.0 Å². The minimum absolute atomic E-state index is 0.0165. The Hall–Kier alpha value is -2.18. The van der Waals surface area contributed by atoms with E-state index in [1.165, 1.54) is 0 Å². The van der Waals surface area contributed by atoms with Gasteiger partial charge >= 0.3 is 6.03 Å². The van der Waals surface area contributed by atoms with Crippen LogP contribution in [0.2, 0.25) is 5.02 Å². The van der Waals surface area contributed by atoms with Crippen LogP contribution in [0, 0.1) is 0 Å². The van der Waals surface area contributed by atoms with Crippen LogP contribution in [0.15, 0.2) is 53.4 Å². The molecular weight excluding hydrogens is 358 g/mol. The number of carbonyl (C=O) groups is 2. The molecular formula is C18H18ClN3O2S. The highest BCUT2D eigenvalue weighted by Crippen LogP contribution is 2.25. The van der Waals surface area contributed by atoms with Crippen LogP contribution in [0.1, 0.15) is 6.42 Å². The first-order valence-corrected chi connectivity index (χ1v) is 9.43. The first kappa shape index (κ1) is 17.6. The molecule has 1 heterocycles. The Kier molecular flexibility index (Phi) is 5.50. The lowest BCUT2D eigenvalue weighted by molar-refractivity contribution is -0.117. The molecule has 1 aliphatic heterocycles. The van der Waals surface area contributed by atoms with Crippen molar-refractivity contribution in [1.82, 2.24) is 5.32 Å². The van der Waals surface area contributed by atoms with Gasteiger partial charge in [-0.15, -0.1) is 11.8 Å². The Morgan fingerprint density at radius 2 is 1.92 bits per heavy atom. The van der Waals surface area contributed by atoms with Crippen molar-refractivity contribution in [3.63, 3.8) is 0 Å². The zero-order valence-corrected chi connectivity index (χ0v) is 15.2. The van der Waals surface area contributed by atoms with Crippen molar-refractivity contribution < 1.29 is 9.59 Å². The highest BCUT2D eigenvalue weighted by Gasteiger charge is 2.31. The minimum atomic E-state index is -0.308. The summed E-state index contributed by atoms with van der Waals surface area (Å²) < 4.78 is 0. The van der Waals surface area contributed by atoms with E-state index in [1.54, 1.807) is 40.9 Å². The van der Waals surface area contributed by atoms with E-state index in [0.29, 0.717) is 11.6 Å². The third-order valence-corrected chi connectivity index (χ3v) is 5.00. The number of amides is 3. The molecule has 1 aliphatic rings. The molecule has 2 aromatic rings. The van der Waals surface area contributed by atoms with Gasteiger partial charge in [-0.05, 0) is 42.7 Å². The fourth-order valence-electron chi connectivity index (χ4n) is 2.77. The smallest absolute Gasteiger partial charge is 0.319 e. The van der Waals surface area contributed by atoms with Crippen LogP contribution in [0.25, 0.3) is 0 Å². The molecule has 2 aromatic carbocycles. The highest BCUT2D eigenvalue weighted by atomic mass is 35.5. The SMILES string of the molecule is CSc1ccccc1NC(=O)NC1CC(=O)N(c2ccc(Cl)cc2)C1. The molecule has 0 radical (unpaired) electrons. The molecule has 3 rings (SSSR count). The molecule has 130 valence electrons. The van der Waals surface area contributed by atoms with Crippen molar-refractivity contribution in [3.05, 3.63) is 53.6 Å². The largest absolute Gasteiger partial charge is 0.333 e. The summed E-state index contributed by atoms with van der Waals surface area (Å²) in [6.45, 7) is 0.443. The number of carbonyl (C=O) groups excluding carboxylic acids is 2. The molecule has 0 saturated carbocycles. The predicted molar refractivity (Wildman–Crippen MR) is 103 cm³/mol. The summed E-state index contributed by atoms with van der Waals surface area (Å²) in [5.74, 6) is -0.0165. The zero-order valence-electron chi connectivity index (χ0n) is 13.7. The lowest BCUT2D eigenvalue weighted by atomic mass is 10.2. The van der Waals surface area contributed by atoms with Crippen LogP contribution in [0.4, 0.5) is 16.2 Å². The second-order valence-electron chi connectivity index (χ2n) is 5.68. The van der Waals surface area contributed by atoms with Crippen molar-refractivity contribution >= 4 is 46.7 Å². The third-order valence-electron chi connectivity index (χ3n) is 3.95. The van der Waals surface area contributed by atoms with Gasteiger partial charge in [0.1, 0.15) is 0 Å². The van der Waals surface area contributed by atoms with Crippen LogP contribution in [-0.4, -0.2) is 30.8 Å². The van der Waals surface area contributed by atoms with Gasteiger partial charge in [-0.1, -0.05) is 23.7 Å². The van der Waals surface area contributed by atoms with Gasteiger partial charge in [0, 0.05) is 28.6 Å². The maximum atomic E-state index is 12.3. The zero-order chi connectivity index (χ0) is 17.8. The fourth-order valence-corrected chi connectivity index (χ4v) is 3.45. The molecule has 0 aliphatic carbocycles. The maximum Gasteiger partial charge on any atom is 0.319 e. The number of hydrogen-bond acceptors (Lipinski definition) is 3. The summed E-state index contributed by atoms with van der Waals surface area (Å²) >= 11 is 7.45. The minimum Gasteiger partial charge on any atom is -0.333 e. The van der Waals surface area contributed by atoms with E-state index in [2.05, 4.69) is 10.6 Å². The Labute approximate surface area is 155 Å². The first-order valence-electron chi connectivity index (χ1n) is 7.83. The highest BCUT2D eigenvalue weighted by molar-refractivity contribution is 7.98. The molecule has 0 spiro atoms. The average molecular weight is 376 g/mol. The summed E-state index contributed by atoms with van der Waals surface area (Å²) in [5, 5.41) is 6.34. The van der Waals surface area contributed by atoms with Gasteiger partial charge in [-0.3, -0.25) is 4.79 Å². The number of para-hydroxylation sites is 1. The molecule has 2 N–H and O–H groups in total. The quantitative estimate of drug-likeness (QED) is 0.794. The standard InChI is InChI=1S/C18H18ClN3O2S/c1-25-16-5-3-2-4-15(16)21-18(24)20-13-10-17(23)22(11-13)14-8-6-12(19)7-9-14/h2-9,13H,10-11H2,1H3,(H2,20,21,24). The molecule has 1 atom stereocenters. The van der Waals surface area contributed by atoms with Gasteiger partial charge in [-0.2, -0.15) is 0 Å². The molecule has 1 saturated heterocycles. The molecule has 1 unspecified atom stereocenters. The van der Waals surface area contributed by atoms with E-state index in [0.717, 1.165) is 16.3 Å². The summed E-state index contributed by atoms with van der Waals surface area (Å²) in [5.41, 5.74) is 1.54. The van der Waals surface area contributed by atoms with E-state index in [-0.39, 0.29) is 24.4 Å². The molecule has 7 heteroatoms. The second kappa shape index (κ2) is 7.80. The van der Waals surface area contributed by atoms with E-state index in [1.807, 2.05) is 30.5 Å². The Bertz CT molecular complexity index is 782. The van der Waals surface area contributed by atoms with E-state index < -0.39 is 0 Å². The Balaban J connectivity index is 1.61. The predicted octanol–water partition coefficient (Wildman–Crippen LogP) is 3.99. The number of nitrogens with one attached hydrogen (secondary N) is 2. The van der Waals surface area contributed by atoms with Gasteiger partial charge in [0.15, 0.2) is 0 Å². The maximum absolute atomic E-state index is 12.3. The van der Waals surface area contributed by atoms with Crippen molar-refractivity contribution in [1.29, 1.82) is 0 Å². The first-order chi connectivity index (χ1) is 12.1. The van der Waals surface area contributed by atoms with Crippen LogP contribution >= 0.6 is 23.4 Å². The van der Waals surface area contributed by atoms with Gasteiger partial charge in [-0.25, -0.2) is 4.79 Å². The number of nitrogens with zero attached hydrogens (tertiary/aromatic N) is 1. The lowest BCUT2D eigenvalue weighted by Gasteiger charge is -2.18. The topological polar surface area (TPSA) is 61.4 Å². The lowest BCUT2D eigenvalue weighted by Crippen LogP contribution is -2.39. The monoisotopic (exact) mass is 375 g/mol. The Morgan fingerprint density at radius 3 is 2.64 bits per heavy atom. The van der Waals surface area contributed by atoms with E-state index >= 15 is 0 Å². The fraction of sp³-hybridized carbons (Fsp3) is 0.222. The summed E-state index contributed by atoms with van der Waals surface area (Å²) in [4.78, 5) is 27.1. The number of halogens is 1. The molecule has 1 fully saturated rings. The summed E-state index contributed by atoms with van der Waals surface area (Å²) in [7, 11) is 0. The number of rotatable bonds is 4. The summed E-state index contributed by atoms with van der Waals surface area (Å²) in [6, 6.07) is 14.2. The molecule has 3 amide bonds. The van der Waals surface area contributed by atoms with Gasteiger partial charge in [0.05, 0.1) is 11.7 Å². The molecule has 0 bridgehead atoms. The number of anilines is 2. The number of hydrogen-bond donors (Lipinski definition) is 2. The third kappa shape index (κ3) is 4.27. The van der Waals surface area contributed by atoms with Gasteiger partial charge < -0.3 is 15.5 Å². The van der Waals surface area contributed by atoms with Gasteiger partial charge in [0.2, 0.25) is 5.91 Å². The molecule has 5 nitrogen and oxygen atoms in total. The van der Waals surface area contributed by atoms with Crippen LogP contribution in [0.3, 0.4) is 0 Å².